The summed E-state index contributed by atoms with van der Waals surface area (Å²) in [7, 11) is 0. The molecule has 0 unspecified atom stereocenters. The molecular weight excluding hydrogens is 232 g/mol. The van der Waals surface area contributed by atoms with Crippen LogP contribution in [0.25, 0.3) is 5.57 Å². The second-order valence-electron chi connectivity index (χ2n) is 5.10. The van der Waals surface area contributed by atoms with Gasteiger partial charge in [-0.2, -0.15) is 0 Å². The Bertz CT molecular complexity index is 428. The number of hydrogen-bond acceptors (Lipinski definition) is 1. The van der Waals surface area contributed by atoms with Crippen molar-refractivity contribution in [1.29, 1.82) is 0 Å². The first-order valence-corrected chi connectivity index (χ1v) is 7.48. The van der Waals surface area contributed by atoms with E-state index in [2.05, 4.69) is 49.4 Å². The Hall–Kier alpha value is -1.50. The zero-order valence-electron chi connectivity index (χ0n) is 11.9. The number of unbranched alkanes of at least 4 members (excludes halogenated alkanes) is 3. The van der Waals surface area contributed by atoms with Crippen LogP contribution in [-0.4, -0.2) is 6.61 Å². The van der Waals surface area contributed by atoms with Crippen LogP contribution in [0.5, 0.6) is 0 Å². The normalized spacial score (nSPS) is 14.8. The molecular formula is C18H24O. The quantitative estimate of drug-likeness (QED) is 0.598. The molecule has 0 amide bonds. The molecule has 0 radical (unpaired) electrons. The van der Waals surface area contributed by atoms with Gasteiger partial charge < -0.3 is 4.74 Å². The van der Waals surface area contributed by atoms with Gasteiger partial charge in [0.25, 0.3) is 0 Å². The summed E-state index contributed by atoms with van der Waals surface area (Å²) in [6.07, 6.45) is 11.5. The van der Waals surface area contributed by atoms with E-state index in [0.29, 0.717) is 0 Å². The van der Waals surface area contributed by atoms with E-state index in [-0.39, 0.29) is 0 Å². The van der Waals surface area contributed by atoms with Crippen molar-refractivity contribution in [3.63, 3.8) is 0 Å². The van der Waals surface area contributed by atoms with Crippen molar-refractivity contribution in [3.8, 4) is 0 Å². The number of benzene rings is 1. The number of rotatable bonds is 7. The first kappa shape index (κ1) is 13.9. The van der Waals surface area contributed by atoms with Gasteiger partial charge in [-0.25, -0.2) is 0 Å². The minimum absolute atomic E-state index is 0.875. The highest BCUT2D eigenvalue weighted by Gasteiger charge is 2.08. The van der Waals surface area contributed by atoms with Gasteiger partial charge in [0, 0.05) is 6.42 Å². The molecule has 19 heavy (non-hydrogen) atoms. The van der Waals surface area contributed by atoms with Gasteiger partial charge in [0.15, 0.2) is 0 Å². The third-order valence-electron chi connectivity index (χ3n) is 3.54. The van der Waals surface area contributed by atoms with E-state index in [1.54, 1.807) is 0 Å². The Kier molecular flexibility index (Phi) is 5.74. The summed E-state index contributed by atoms with van der Waals surface area (Å²) in [6.45, 7) is 3.11. The monoisotopic (exact) mass is 256 g/mol. The van der Waals surface area contributed by atoms with Crippen molar-refractivity contribution in [3.05, 3.63) is 53.8 Å². The Morgan fingerprint density at radius 1 is 0.947 bits per heavy atom. The maximum atomic E-state index is 5.83. The van der Waals surface area contributed by atoms with Crippen LogP contribution in [0.2, 0.25) is 0 Å². The number of allylic oxidation sites excluding steroid dienone is 4. The van der Waals surface area contributed by atoms with Gasteiger partial charge in [-0.1, -0.05) is 62.6 Å². The second-order valence-corrected chi connectivity index (χ2v) is 5.10. The van der Waals surface area contributed by atoms with Crippen LogP contribution in [0.3, 0.4) is 0 Å². The lowest BCUT2D eigenvalue weighted by Gasteiger charge is -2.16. The Morgan fingerprint density at radius 3 is 2.47 bits per heavy atom. The summed E-state index contributed by atoms with van der Waals surface area (Å²) < 4.78 is 5.83. The van der Waals surface area contributed by atoms with Gasteiger partial charge in [0.1, 0.15) is 0 Å². The Balaban J connectivity index is 1.80. The molecule has 0 spiro atoms. The summed E-state index contributed by atoms with van der Waals surface area (Å²) in [6, 6.07) is 10.6. The summed E-state index contributed by atoms with van der Waals surface area (Å²) in [5.41, 5.74) is 2.75. The highest BCUT2D eigenvalue weighted by atomic mass is 16.5. The predicted octanol–water partition coefficient (Wildman–Crippen LogP) is 5.34. The molecule has 1 aliphatic rings. The molecule has 0 fully saturated rings. The fourth-order valence-corrected chi connectivity index (χ4v) is 2.36. The van der Waals surface area contributed by atoms with E-state index in [0.717, 1.165) is 25.2 Å². The summed E-state index contributed by atoms with van der Waals surface area (Å²) >= 11 is 0. The minimum Gasteiger partial charge on any atom is -0.498 e. The van der Waals surface area contributed by atoms with E-state index < -0.39 is 0 Å². The average Bonchev–Trinajstić information content (AvgIpc) is 2.49. The minimum atomic E-state index is 0.875. The van der Waals surface area contributed by atoms with Gasteiger partial charge in [-0.15, -0.1) is 0 Å². The number of ether oxygens (including phenoxy) is 1. The molecule has 0 aromatic heterocycles. The Labute approximate surface area is 117 Å². The fourth-order valence-electron chi connectivity index (χ4n) is 2.36. The molecule has 1 aromatic carbocycles. The van der Waals surface area contributed by atoms with Crippen LogP contribution in [-0.2, 0) is 4.74 Å². The van der Waals surface area contributed by atoms with Crippen molar-refractivity contribution in [1.82, 2.24) is 0 Å². The van der Waals surface area contributed by atoms with Crippen LogP contribution < -0.4 is 0 Å². The molecule has 0 saturated carbocycles. The molecule has 1 aliphatic carbocycles. The van der Waals surface area contributed by atoms with Crippen molar-refractivity contribution in [2.75, 3.05) is 6.61 Å². The van der Waals surface area contributed by atoms with E-state index in [4.69, 9.17) is 4.74 Å². The zero-order chi connectivity index (χ0) is 13.3. The largest absolute Gasteiger partial charge is 0.498 e. The van der Waals surface area contributed by atoms with Gasteiger partial charge in [-0.3, -0.25) is 0 Å². The average molecular weight is 256 g/mol. The van der Waals surface area contributed by atoms with E-state index >= 15 is 0 Å². The molecule has 1 nitrogen and oxygen atoms in total. The maximum absolute atomic E-state index is 5.83. The van der Waals surface area contributed by atoms with Gasteiger partial charge in [-0.05, 0) is 30.1 Å². The highest BCUT2D eigenvalue weighted by molar-refractivity contribution is 5.68. The second kappa shape index (κ2) is 7.83. The molecule has 2 rings (SSSR count). The fraction of sp³-hybridized carbons (Fsp3) is 0.444. The highest BCUT2D eigenvalue weighted by Crippen LogP contribution is 2.27. The van der Waals surface area contributed by atoms with Crippen molar-refractivity contribution in [2.45, 2.75) is 45.4 Å². The SMILES string of the molecule is CCCCCCOC1=CC=C(c2ccccc2)CC1. The van der Waals surface area contributed by atoms with Crippen LogP contribution in [0.4, 0.5) is 0 Å². The summed E-state index contributed by atoms with van der Waals surface area (Å²) in [5, 5.41) is 0. The third-order valence-corrected chi connectivity index (χ3v) is 3.54. The van der Waals surface area contributed by atoms with Crippen molar-refractivity contribution >= 4 is 5.57 Å². The molecule has 0 atom stereocenters. The van der Waals surface area contributed by atoms with Gasteiger partial charge in [0.05, 0.1) is 12.4 Å². The molecule has 102 valence electrons. The molecule has 0 heterocycles. The van der Waals surface area contributed by atoms with Gasteiger partial charge >= 0.3 is 0 Å². The van der Waals surface area contributed by atoms with Crippen molar-refractivity contribution < 1.29 is 4.74 Å². The third kappa shape index (κ3) is 4.59. The maximum Gasteiger partial charge on any atom is 0.0963 e. The molecule has 0 N–H and O–H groups in total. The first-order valence-electron chi connectivity index (χ1n) is 7.48. The van der Waals surface area contributed by atoms with E-state index in [9.17, 15) is 0 Å². The predicted molar refractivity (Wildman–Crippen MR) is 81.8 cm³/mol. The molecule has 0 saturated heterocycles. The summed E-state index contributed by atoms with van der Waals surface area (Å²) in [4.78, 5) is 0. The summed E-state index contributed by atoms with van der Waals surface area (Å²) in [5.74, 6) is 1.15. The van der Waals surface area contributed by atoms with Crippen LogP contribution in [0.15, 0.2) is 48.2 Å². The number of hydrogen-bond donors (Lipinski definition) is 0. The zero-order valence-corrected chi connectivity index (χ0v) is 11.9. The van der Waals surface area contributed by atoms with Crippen LogP contribution in [0.1, 0.15) is 51.0 Å². The Morgan fingerprint density at radius 2 is 1.79 bits per heavy atom. The molecule has 1 aromatic rings. The lowest BCUT2D eigenvalue weighted by atomic mass is 9.97. The van der Waals surface area contributed by atoms with Crippen molar-refractivity contribution in [2.24, 2.45) is 0 Å². The first-order chi connectivity index (χ1) is 9.40. The molecule has 0 bridgehead atoms. The molecule has 0 aliphatic heterocycles. The van der Waals surface area contributed by atoms with Gasteiger partial charge in [0.2, 0.25) is 0 Å². The topological polar surface area (TPSA) is 9.23 Å². The smallest absolute Gasteiger partial charge is 0.0963 e. The van der Waals surface area contributed by atoms with E-state index in [1.807, 2.05) is 0 Å². The van der Waals surface area contributed by atoms with Crippen LogP contribution in [0, 0.1) is 0 Å². The van der Waals surface area contributed by atoms with Crippen LogP contribution >= 0.6 is 0 Å². The van der Waals surface area contributed by atoms with E-state index in [1.165, 1.54) is 36.8 Å². The standard InChI is InChI=1S/C18H24O/c1-2-3-4-8-15-19-18-13-11-17(12-14-18)16-9-6-5-7-10-16/h5-7,9-11,13H,2-4,8,12,14-15H2,1H3. The lowest BCUT2D eigenvalue weighted by molar-refractivity contribution is 0.196. The lowest BCUT2D eigenvalue weighted by Crippen LogP contribution is -1.99. The molecule has 1 heteroatoms.